The highest BCUT2D eigenvalue weighted by Crippen LogP contribution is 2.41. The van der Waals surface area contributed by atoms with E-state index in [0.29, 0.717) is 30.1 Å². The van der Waals surface area contributed by atoms with Gasteiger partial charge in [0.05, 0.1) is 31.4 Å². The van der Waals surface area contributed by atoms with Gasteiger partial charge in [-0.25, -0.2) is 0 Å². The minimum absolute atomic E-state index is 0.0549. The second-order valence-corrected chi connectivity index (χ2v) is 9.38. The van der Waals surface area contributed by atoms with Crippen molar-refractivity contribution >= 4 is 17.4 Å². The maximum absolute atomic E-state index is 13.2. The van der Waals surface area contributed by atoms with E-state index in [-0.39, 0.29) is 29.9 Å². The van der Waals surface area contributed by atoms with Crippen molar-refractivity contribution in [2.45, 2.75) is 46.1 Å². The second kappa shape index (κ2) is 11.0. The molecule has 188 valence electrons. The van der Waals surface area contributed by atoms with Gasteiger partial charge in [0.2, 0.25) is 0 Å². The lowest BCUT2D eigenvalue weighted by Crippen LogP contribution is -2.32. The minimum Gasteiger partial charge on any atom is -0.507 e. The van der Waals surface area contributed by atoms with Crippen molar-refractivity contribution < 1.29 is 28.9 Å². The lowest BCUT2D eigenvalue weighted by molar-refractivity contribution is -0.140. The van der Waals surface area contributed by atoms with Crippen LogP contribution in [0.15, 0.2) is 48.0 Å². The molecule has 1 N–H and O–H groups in total. The second-order valence-electron chi connectivity index (χ2n) is 9.38. The van der Waals surface area contributed by atoms with Gasteiger partial charge in [-0.3, -0.25) is 9.59 Å². The number of carbonyl (C=O) groups is 2. The smallest absolute Gasteiger partial charge is 0.295 e. The van der Waals surface area contributed by atoms with Gasteiger partial charge >= 0.3 is 0 Å². The highest BCUT2D eigenvalue weighted by atomic mass is 16.5. The van der Waals surface area contributed by atoms with Gasteiger partial charge in [-0.2, -0.15) is 0 Å². The molecule has 1 fully saturated rings. The summed E-state index contributed by atoms with van der Waals surface area (Å²) in [5.74, 6) is -0.185. The van der Waals surface area contributed by atoms with Crippen LogP contribution in [0, 0.1) is 0 Å². The van der Waals surface area contributed by atoms with Gasteiger partial charge in [-0.1, -0.05) is 32.9 Å². The van der Waals surface area contributed by atoms with Crippen LogP contribution in [0.5, 0.6) is 11.5 Å². The summed E-state index contributed by atoms with van der Waals surface area (Å²) < 4.78 is 16.5. The van der Waals surface area contributed by atoms with Crippen LogP contribution in [0.3, 0.4) is 0 Å². The molecular formula is C28H35NO6. The third kappa shape index (κ3) is 5.51. The van der Waals surface area contributed by atoms with E-state index >= 15 is 0 Å². The standard InChI is InChI=1S/C28H35NO6/c1-7-34-20-12-9-18(10-13-20)24-23(26(31)27(32)29(24)15-16-33-6)25(30)19-11-14-22(35-8-2)21(17-19)28(3,4)5/h9-14,17,24,30H,7-8,15-16H2,1-6H3/b25-23-. The predicted molar refractivity (Wildman–Crippen MR) is 135 cm³/mol. The fourth-order valence-corrected chi connectivity index (χ4v) is 4.26. The van der Waals surface area contributed by atoms with Crippen LogP contribution in [-0.2, 0) is 19.7 Å². The Kier molecular flexibility index (Phi) is 8.22. The summed E-state index contributed by atoms with van der Waals surface area (Å²) in [5.41, 5.74) is 1.85. The third-order valence-electron chi connectivity index (χ3n) is 5.94. The number of aliphatic hydroxyl groups excluding tert-OH is 1. The molecule has 7 heteroatoms. The summed E-state index contributed by atoms with van der Waals surface area (Å²) in [5, 5.41) is 11.4. The zero-order chi connectivity index (χ0) is 25.8. The molecule has 1 unspecified atom stereocenters. The van der Waals surface area contributed by atoms with Crippen LogP contribution in [0.4, 0.5) is 0 Å². The van der Waals surface area contributed by atoms with E-state index in [1.54, 1.807) is 24.3 Å². The molecule has 0 saturated carbocycles. The number of hydrogen-bond donors (Lipinski definition) is 1. The molecule has 0 radical (unpaired) electrons. The Morgan fingerprint density at radius 2 is 1.66 bits per heavy atom. The molecule has 1 aliphatic heterocycles. The van der Waals surface area contributed by atoms with Gasteiger partial charge in [0.25, 0.3) is 11.7 Å². The van der Waals surface area contributed by atoms with E-state index in [4.69, 9.17) is 14.2 Å². The number of amides is 1. The molecule has 1 amide bonds. The maximum atomic E-state index is 13.2. The number of likely N-dealkylation sites (tertiary alicyclic amines) is 1. The van der Waals surface area contributed by atoms with Crippen molar-refractivity contribution in [3.63, 3.8) is 0 Å². The first-order chi connectivity index (χ1) is 16.6. The van der Waals surface area contributed by atoms with Crippen molar-refractivity contribution in [1.82, 2.24) is 4.90 Å². The molecule has 2 aromatic rings. The lowest BCUT2D eigenvalue weighted by atomic mass is 9.84. The molecule has 0 aliphatic carbocycles. The Labute approximate surface area is 207 Å². The summed E-state index contributed by atoms with van der Waals surface area (Å²) in [6.07, 6.45) is 0. The first kappa shape index (κ1) is 26.3. The van der Waals surface area contributed by atoms with E-state index in [9.17, 15) is 14.7 Å². The average Bonchev–Trinajstić information content (AvgIpc) is 3.07. The minimum atomic E-state index is -0.745. The third-order valence-corrected chi connectivity index (χ3v) is 5.94. The van der Waals surface area contributed by atoms with Gasteiger partial charge < -0.3 is 24.2 Å². The molecule has 1 aliphatic rings. The highest BCUT2D eigenvalue weighted by molar-refractivity contribution is 6.46. The monoisotopic (exact) mass is 481 g/mol. The first-order valence-corrected chi connectivity index (χ1v) is 11.9. The zero-order valence-electron chi connectivity index (χ0n) is 21.4. The van der Waals surface area contributed by atoms with Crippen molar-refractivity contribution in [1.29, 1.82) is 0 Å². The Balaban J connectivity index is 2.17. The quantitative estimate of drug-likeness (QED) is 0.313. The van der Waals surface area contributed by atoms with Crippen molar-refractivity contribution in [2.24, 2.45) is 0 Å². The normalized spacial score (nSPS) is 17.7. The van der Waals surface area contributed by atoms with Crippen molar-refractivity contribution in [3.05, 3.63) is 64.7 Å². The zero-order valence-corrected chi connectivity index (χ0v) is 21.4. The Hall–Kier alpha value is -3.32. The first-order valence-electron chi connectivity index (χ1n) is 11.9. The molecular weight excluding hydrogens is 446 g/mol. The average molecular weight is 482 g/mol. The molecule has 35 heavy (non-hydrogen) atoms. The highest BCUT2D eigenvalue weighted by Gasteiger charge is 2.46. The van der Waals surface area contributed by atoms with Crippen molar-refractivity contribution in [2.75, 3.05) is 33.5 Å². The summed E-state index contributed by atoms with van der Waals surface area (Å²) in [6.45, 7) is 11.5. The van der Waals surface area contributed by atoms with Crippen LogP contribution in [-0.4, -0.2) is 55.2 Å². The number of carbonyl (C=O) groups excluding carboxylic acids is 2. The number of Topliss-reactive ketones (excluding diaryl/α,β-unsaturated/α-hetero) is 1. The predicted octanol–water partition coefficient (Wildman–Crippen LogP) is 4.85. The van der Waals surface area contributed by atoms with E-state index in [2.05, 4.69) is 20.8 Å². The fraction of sp³-hybridized carbons (Fsp3) is 0.429. The number of ketones is 1. The number of ether oxygens (including phenoxy) is 3. The molecule has 1 atom stereocenters. The SMILES string of the molecule is CCOc1ccc(C2/C(=C(/O)c3ccc(OCC)c(C(C)(C)C)c3)C(=O)C(=O)N2CCOC)cc1. The topological polar surface area (TPSA) is 85.3 Å². The number of methoxy groups -OCH3 is 1. The fourth-order valence-electron chi connectivity index (χ4n) is 4.26. The van der Waals surface area contributed by atoms with Crippen LogP contribution in [0.1, 0.15) is 57.4 Å². The molecule has 0 bridgehead atoms. The van der Waals surface area contributed by atoms with Crippen LogP contribution < -0.4 is 9.47 Å². The largest absolute Gasteiger partial charge is 0.507 e. The van der Waals surface area contributed by atoms with Crippen LogP contribution >= 0.6 is 0 Å². The van der Waals surface area contributed by atoms with Gasteiger partial charge in [0, 0.05) is 24.8 Å². The van der Waals surface area contributed by atoms with Gasteiger partial charge in [0.1, 0.15) is 17.3 Å². The van der Waals surface area contributed by atoms with E-state index in [1.807, 2.05) is 32.0 Å². The Morgan fingerprint density at radius 3 is 2.23 bits per heavy atom. The molecule has 0 spiro atoms. The van der Waals surface area contributed by atoms with E-state index in [0.717, 1.165) is 11.3 Å². The lowest BCUT2D eigenvalue weighted by Gasteiger charge is -2.26. The molecule has 2 aromatic carbocycles. The van der Waals surface area contributed by atoms with Crippen LogP contribution in [0.25, 0.3) is 5.76 Å². The molecule has 0 aromatic heterocycles. The van der Waals surface area contributed by atoms with Crippen molar-refractivity contribution in [3.8, 4) is 11.5 Å². The Bertz CT molecular complexity index is 1100. The maximum Gasteiger partial charge on any atom is 0.295 e. The van der Waals surface area contributed by atoms with E-state index < -0.39 is 17.7 Å². The Morgan fingerprint density at radius 1 is 1.00 bits per heavy atom. The number of nitrogens with zero attached hydrogens (tertiary/aromatic N) is 1. The molecule has 7 nitrogen and oxygen atoms in total. The van der Waals surface area contributed by atoms with Crippen LogP contribution in [0.2, 0.25) is 0 Å². The van der Waals surface area contributed by atoms with Gasteiger partial charge in [-0.05, 0) is 55.2 Å². The number of hydrogen-bond acceptors (Lipinski definition) is 6. The summed E-state index contributed by atoms with van der Waals surface area (Å²) in [6, 6.07) is 11.8. The molecule has 1 heterocycles. The molecule has 3 rings (SSSR count). The number of aliphatic hydroxyl groups is 1. The van der Waals surface area contributed by atoms with Gasteiger partial charge in [0.15, 0.2) is 0 Å². The number of rotatable bonds is 9. The summed E-state index contributed by atoms with van der Waals surface area (Å²) >= 11 is 0. The summed E-state index contributed by atoms with van der Waals surface area (Å²) in [7, 11) is 1.54. The van der Waals surface area contributed by atoms with Gasteiger partial charge in [-0.15, -0.1) is 0 Å². The summed E-state index contributed by atoms with van der Waals surface area (Å²) in [4.78, 5) is 27.7. The number of benzene rings is 2. The van der Waals surface area contributed by atoms with E-state index in [1.165, 1.54) is 12.0 Å². The molecule has 1 saturated heterocycles.